The molecule has 0 fully saturated rings. The molecule has 0 aliphatic rings. The fourth-order valence-corrected chi connectivity index (χ4v) is 3.94. The Balaban J connectivity index is 0.000000782. The van der Waals surface area contributed by atoms with Crippen molar-refractivity contribution in [3.05, 3.63) is 89.5 Å². The third kappa shape index (κ3) is 9.48. The average molecular weight is 582 g/mol. The molecule has 3 rings (SSSR count). The minimum atomic E-state index is -5.08. The number of nitrogens with one attached hydrogen (secondary N) is 1. The molecule has 0 aromatic heterocycles. The highest BCUT2D eigenvalue weighted by atomic mass is 19.4. The van der Waals surface area contributed by atoms with E-state index < -0.39 is 18.2 Å². The van der Waals surface area contributed by atoms with Crippen molar-refractivity contribution in [2.24, 2.45) is 10.9 Å². The van der Waals surface area contributed by atoms with E-state index in [0.29, 0.717) is 18.5 Å². The van der Waals surface area contributed by atoms with E-state index in [9.17, 15) is 28.0 Å². The van der Waals surface area contributed by atoms with Crippen molar-refractivity contribution >= 4 is 29.7 Å². The molecule has 0 radical (unpaired) electrons. The Labute approximate surface area is 241 Å². The first-order chi connectivity index (χ1) is 19.9. The van der Waals surface area contributed by atoms with Gasteiger partial charge in [0, 0.05) is 25.1 Å². The van der Waals surface area contributed by atoms with Gasteiger partial charge in [-0.05, 0) is 47.4 Å². The predicted molar refractivity (Wildman–Crippen MR) is 152 cm³/mol. The van der Waals surface area contributed by atoms with Crippen molar-refractivity contribution in [1.29, 1.82) is 5.26 Å². The van der Waals surface area contributed by atoms with Crippen LogP contribution >= 0.6 is 0 Å². The molecule has 0 bridgehead atoms. The zero-order valence-electron chi connectivity index (χ0n) is 22.9. The Hall–Kier alpha value is -5.18. The van der Waals surface area contributed by atoms with Crippen LogP contribution in [0.2, 0.25) is 0 Å². The maximum atomic E-state index is 13.4. The van der Waals surface area contributed by atoms with Crippen molar-refractivity contribution in [2.45, 2.75) is 38.9 Å². The summed E-state index contributed by atoms with van der Waals surface area (Å²) in [6.07, 6.45) is -2.91. The van der Waals surface area contributed by atoms with Crippen LogP contribution in [-0.2, 0) is 20.8 Å². The summed E-state index contributed by atoms with van der Waals surface area (Å²) >= 11 is 0. The van der Waals surface area contributed by atoms with Crippen LogP contribution in [0.15, 0.2) is 77.9 Å². The van der Waals surface area contributed by atoms with Crippen LogP contribution in [0.1, 0.15) is 37.0 Å². The van der Waals surface area contributed by atoms with Crippen LogP contribution < -0.4 is 11.2 Å². The standard InChI is InChI=1S/C28H29N5O2.C2HF3O2/c1-3-27(34)33(4-2)28(35)26(17-20-8-7-9-21(16-20)19-31-30)32-24-14-12-22(13-15-24)25-11-6-5-10-23(25)18-29;3-2(4,5)1(6)7/h5-16,19,26,32H,3-4,17,30H2,1-2H3;(H,6,7)/t26-;/m0./s1. The summed E-state index contributed by atoms with van der Waals surface area (Å²) in [7, 11) is 0. The molecule has 12 heteroatoms. The number of carbonyl (C=O) groups is 3. The number of alkyl halides is 3. The van der Waals surface area contributed by atoms with E-state index in [4.69, 9.17) is 15.7 Å². The number of carboxylic acid groups (broad SMARTS) is 1. The monoisotopic (exact) mass is 581 g/mol. The van der Waals surface area contributed by atoms with E-state index in [1.54, 1.807) is 26.1 Å². The smallest absolute Gasteiger partial charge is 0.475 e. The summed E-state index contributed by atoms with van der Waals surface area (Å²) in [5, 5.41) is 23.4. The van der Waals surface area contributed by atoms with Gasteiger partial charge in [0.1, 0.15) is 6.04 Å². The number of anilines is 1. The van der Waals surface area contributed by atoms with E-state index >= 15 is 0 Å². The van der Waals surface area contributed by atoms with Crippen LogP contribution in [0.4, 0.5) is 18.9 Å². The highest BCUT2D eigenvalue weighted by molar-refractivity contribution is 5.99. The first-order valence-electron chi connectivity index (χ1n) is 12.8. The van der Waals surface area contributed by atoms with Gasteiger partial charge in [-0.15, -0.1) is 0 Å². The van der Waals surface area contributed by atoms with Crippen molar-refractivity contribution in [2.75, 3.05) is 11.9 Å². The van der Waals surface area contributed by atoms with Crippen molar-refractivity contribution in [1.82, 2.24) is 4.90 Å². The predicted octanol–water partition coefficient (Wildman–Crippen LogP) is 4.96. The summed E-state index contributed by atoms with van der Waals surface area (Å²) in [5.41, 5.74) is 4.82. The number of benzene rings is 3. The lowest BCUT2D eigenvalue weighted by Crippen LogP contribution is -2.46. The van der Waals surface area contributed by atoms with Crippen molar-refractivity contribution in [3.8, 4) is 17.2 Å². The highest BCUT2D eigenvalue weighted by Gasteiger charge is 2.38. The molecule has 42 heavy (non-hydrogen) atoms. The van der Waals surface area contributed by atoms with E-state index in [0.717, 1.165) is 27.9 Å². The number of carboxylic acids is 1. The summed E-state index contributed by atoms with van der Waals surface area (Å²) in [6, 6.07) is 24.1. The fraction of sp³-hybridized carbons (Fsp3) is 0.233. The summed E-state index contributed by atoms with van der Waals surface area (Å²) in [5.74, 6) is 2.03. The van der Waals surface area contributed by atoms with E-state index in [1.807, 2.05) is 66.7 Å². The first kappa shape index (κ1) is 33.0. The number of likely N-dealkylation sites (N-methyl/N-ethyl adjacent to an activating group) is 1. The lowest BCUT2D eigenvalue weighted by atomic mass is 9.99. The van der Waals surface area contributed by atoms with E-state index in [-0.39, 0.29) is 18.2 Å². The van der Waals surface area contributed by atoms with Crippen LogP contribution in [0, 0.1) is 11.3 Å². The number of amides is 2. The molecule has 9 nitrogen and oxygen atoms in total. The molecule has 0 saturated heterocycles. The molecular weight excluding hydrogens is 551 g/mol. The van der Waals surface area contributed by atoms with Crippen molar-refractivity contribution < 1.29 is 32.7 Å². The second-order valence-corrected chi connectivity index (χ2v) is 8.79. The highest BCUT2D eigenvalue weighted by Crippen LogP contribution is 2.25. The van der Waals surface area contributed by atoms with Crippen LogP contribution in [-0.4, -0.2) is 52.8 Å². The molecule has 0 heterocycles. The second kappa shape index (κ2) is 15.6. The van der Waals surface area contributed by atoms with Crippen LogP contribution in [0.5, 0.6) is 0 Å². The lowest BCUT2D eigenvalue weighted by Gasteiger charge is -2.26. The van der Waals surface area contributed by atoms with E-state index in [1.165, 1.54) is 4.90 Å². The Kier molecular flexibility index (Phi) is 12.2. The molecule has 0 saturated carbocycles. The molecule has 4 N–H and O–H groups in total. The number of nitrogens with zero attached hydrogens (tertiary/aromatic N) is 3. The fourth-order valence-electron chi connectivity index (χ4n) is 3.94. The largest absolute Gasteiger partial charge is 0.490 e. The van der Waals surface area contributed by atoms with Crippen LogP contribution in [0.3, 0.4) is 0 Å². The zero-order valence-corrected chi connectivity index (χ0v) is 22.9. The maximum Gasteiger partial charge on any atom is 0.490 e. The SMILES string of the molecule is CCC(=O)N(CC)C(=O)[C@H](Cc1cccc(C=NN)c1)Nc1ccc(-c2ccccc2C#N)cc1.O=C(O)C(F)(F)F. The molecule has 1 atom stereocenters. The van der Waals surface area contributed by atoms with Gasteiger partial charge in [-0.2, -0.15) is 23.5 Å². The second-order valence-electron chi connectivity index (χ2n) is 8.79. The third-order valence-electron chi connectivity index (χ3n) is 5.93. The number of hydrazone groups is 1. The molecule has 0 spiro atoms. The lowest BCUT2D eigenvalue weighted by molar-refractivity contribution is -0.192. The average Bonchev–Trinajstić information content (AvgIpc) is 2.97. The first-order valence-corrected chi connectivity index (χ1v) is 12.8. The minimum Gasteiger partial charge on any atom is -0.475 e. The summed E-state index contributed by atoms with van der Waals surface area (Å²) in [6.45, 7) is 3.84. The van der Waals surface area contributed by atoms with Gasteiger partial charge >= 0.3 is 12.1 Å². The van der Waals surface area contributed by atoms with Gasteiger partial charge in [0.25, 0.3) is 5.91 Å². The van der Waals surface area contributed by atoms with E-state index in [2.05, 4.69) is 16.5 Å². The normalized spacial score (nSPS) is 11.5. The molecule has 0 aliphatic carbocycles. The molecular formula is C30H30F3N5O4. The van der Waals surface area contributed by atoms with Gasteiger partial charge in [-0.25, -0.2) is 4.79 Å². The van der Waals surface area contributed by atoms with Gasteiger partial charge in [0.05, 0.1) is 17.8 Å². The molecule has 3 aromatic carbocycles. The number of hydrogen-bond acceptors (Lipinski definition) is 7. The number of nitrogens with two attached hydrogens (primary N) is 1. The number of carbonyl (C=O) groups excluding carboxylic acids is 2. The van der Waals surface area contributed by atoms with Gasteiger partial charge < -0.3 is 16.3 Å². The zero-order chi connectivity index (χ0) is 31.3. The topological polar surface area (TPSA) is 149 Å². The van der Waals surface area contributed by atoms with Gasteiger partial charge in [0.2, 0.25) is 5.91 Å². The molecule has 220 valence electrons. The number of hydrogen-bond donors (Lipinski definition) is 3. The Bertz CT molecular complexity index is 1450. The number of halogens is 3. The third-order valence-corrected chi connectivity index (χ3v) is 5.93. The Morgan fingerprint density at radius 2 is 1.71 bits per heavy atom. The minimum absolute atomic E-state index is 0.211. The maximum absolute atomic E-state index is 13.4. The number of aliphatic carboxylic acids is 1. The van der Waals surface area contributed by atoms with Gasteiger partial charge in [-0.1, -0.05) is 61.5 Å². The number of rotatable bonds is 9. The molecule has 2 amide bonds. The summed E-state index contributed by atoms with van der Waals surface area (Å²) in [4.78, 5) is 36.0. The summed E-state index contributed by atoms with van der Waals surface area (Å²) < 4.78 is 31.7. The van der Waals surface area contributed by atoms with Gasteiger partial charge in [-0.3, -0.25) is 14.5 Å². The molecule has 0 unspecified atom stereocenters. The molecule has 3 aromatic rings. The molecule has 0 aliphatic heterocycles. The Morgan fingerprint density at radius 1 is 1.07 bits per heavy atom. The van der Waals surface area contributed by atoms with Crippen molar-refractivity contribution in [3.63, 3.8) is 0 Å². The number of nitriles is 1. The number of imide groups is 1. The van der Waals surface area contributed by atoms with Gasteiger partial charge in [0.15, 0.2) is 0 Å². The van der Waals surface area contributed by atoms with Crippen LogP contribution in [0.25, 0.3) is 11.1 Å². The Morgan fingerprint density at radius 3 is 2.26 bits per heavy atom. The quantitative estimate of drug-likeness (QED) is 0.184.